The summed E-state index contributed by atoms with van der Waals surface area (Å²) < 4.78 is 12.4. The average molecular weight is 260 g/mol. The van der Waals surface area contributed by atoms with Crippen molar-refractivity contribution in [2.75, 3.05) is 20.3 Å². The number of aromatic nitrogens is 2. The van der Waals surface area contributed by atoms with Gasteiger partial charge in [-0.15, -0.1) is 0 Å². The van der Waals surface area contributed by atoms with Crippen LogP contribution in [0.2, 0.25) is 0 Å². The van der Waals surface area contributed by atoms with E-state index in [9.17, 15) is 0 Å². The van der Waals surface area contributed by atoms with Crippen LogP contribution in [0.3, 0.4) is 0 Å². The summed E-state index contributed by atoms with van der Waals surface area (Å²) in [5.74, 6) is 0.864. The fraction of sp³-hybridized carbons (Fsp3) is 0.400. The molecule has 0 amide bonds. The minimum Gasteiger partial charge on any atom is -0.491 e. The Balaban J connectivity index is 2.13. The quantitative estimate of drug-likeness (QED) is 0.749. The van der Waals surface area contributed by atoms with Crippen LogP contribution >= 0.6 is 0 Å². The molecule has 0 spiro atoms. The van der Waals surface area contributed by atoms with Crippen LogP contribution < -0.4 is 4.74 Å². The molecule has 0 fully saturated rings. The minimum absolute atomic E-state index is 0.572. The summed E-state index contributed by atoms with van der Waals surface area (Å²) in [7, 11) is 3.64. The van der Waals surface area contributed by atoms with Crippen LogP contribution in [-0.2, 0) is 18.2 Å². The Labute approximate surface area is 114 Å². The average Bonchev–Trinajstić information content (AvgIpc) is 2.81. The Morgan fingerprint density at radius 3 is 2.53 bits per heavy atom. The zero-order valence-corrected chi connectivity index (χ0v) is 11.7. The van der Waals surface area contributed by atoms with Crippen molar-refractivity contribution in [3.05, 3.63) is 36.2 Å². The van der Waals surface area contributed by atoms with Gasteiger partial charge in [0, 0.05) is 25.4 Å². The van der Waals surface area contributed by atoms with E-state index >= 15 is 0 Å². The largest absolute Gasteiger partial charge is 0.491 e. The van der Waals surface area contributed by atoms with Crippen molar-refractivity contribution in [2.24, 2.45) is 7.05 Å². The van der Waals surface area contributed by atoms with Gasteiger partial charge in [-0.2, -0.15) is 5.10 Å². The first-order valence-electron chi connectivity index (χ1n) is 6.49. The van der Waals surface area contributed by atoms with Gasteiger partial charge in [-0.25, -0.2) is 0 Å². The summed E-state index contributed by atoms with van der Waals surface area (Å²) in [4.78, 5) is 0. The maximum atomic E-state index is 5.55. The van der Waals surface area contributed by atoms with Crippen molar-refractivity contribution in [1.29, 1.82) is 0 Å². The van der Waals surface area contributed by atoms with E-state index < -0.39 is 0 Å². The molecule has 0 unspecified atom stereocenters. The van der Waals surface area contributed by atoms with Crippen LogP contribution in [0.1, 0.15) is 12.6 Å². The molecule has 0 N–H and O–H groups in total. The van der Waals surface area contributed by atoms with Gasteiger partial charge < -0.3 is 9.47 Å². The van der Waals surface area contributed by atoms with Crippen molar-refractivity contribution >= 4 is 0 Å². The first kappa shape index (κ1) is 13.6. The lowest BCUT2D eigenvalue weighted by atomic mass is 10.1. The number of methoxy groups -OCH3 is 1. The van der Waals surface area contributed by atoms with Crippen LogP contribution in [0.5, 0.6) is 5.75 Å². The molecule has 0 radical (unpaired) electrons. The maximum absolute atomic E-state index is 5.55. The normalized spacial score (nSPS) is 10.7. The Morgan fingerprint density at radius 2 is 1.89 bits per heavy atom. The summed E-state index contributed by atoms with van der Waals surface area (Å²) >= 11 is 0. The Kier molecular flexibility index (Phi) is 4.58. The molecular formula is C15H20N2O2. The molecule has 1 aromatic carbocycles. The van der Waals surface area contributed by atoms with Gasteiger partial charge in [-0.1, -0.05) is 19.1 Å². The van der Waals surface area contributed by atoms with Crippen LogP contribution in [0.25, 0.3) is 11.1 Å². The zero-order valence-electron chi connectivity index (χ0n) is 11.7. The minimum atomic E-state index is 0.572. The van der Waals surface area contributed by atoms with Gasteiger partial charge in [-0.3, -0.25) is 4.68 Å². The second-order valence-corrected chi connectivity index (χ2v) is 4.35. The molecule has 0 aliphatic heterocycles. The van der Waals surface area contributed by atoms with Crippen molar-refractivity contribution in [2.45, 2.75) is 13.3 Å². The SMILES string of the molecule is CCc1c(-c2ccc(OCCOC)cc2)cnn1C. The van der Waals surface area contributed by atoms with Gasteiger partial charge >= 0.3 is 0 Å². The molecule has 0 aliphatic carbocycles. The first-order chi connectivity index (χ1) is 9.26. The van der Waals surface area contributed by atoms with E-state index in [2.05, 4.69) is 24.2 Å². The standard InChI is InChI=1S/C15H20N2O2/c1-4-15-14(11-16-17(15)2)12-5-7-13(8-6-12)19-10-9-18-3/h5-8,11H,4,9-10H2,1-3H3. The van der Waals surface area contributed by atoms with E-state index in [1.54, 1.807) is 7.11 Å². The van der Waals surface area contributed by atoms with Crippen molar-refractivity contribution in [3.63, 3.8) is 0 Å². The number of aryl methyl sites for hydroxylation is 1. The third-order valence-electron chi connectivity index (χ3n) is 3.12. The Bertz CT molecular complexity index is 517. The second-order valence-electron chi connectivity index (χ2n) is 4.35. The number of hydrogen-bond acceptors (Lipinski definition) is 3. The fourth-order valence-electron chi connectivity index (χ4n) is 2.10. The van der Waals surface area contributed by atoms with Crippen molar-refractivity contribution in [1.82, 2.24) is 9.78 Å². The maximum Gasteiger partial charge on any atom is 0.119 e. The molecule has 2 rings (SSSR count). The lowest BCUT2D eigenvalue weighted by Crippen LogP contribution is -2.03. The molecule has 0 aliphatic rings. The zero-order chi connectivity index (χ0) is 13.7. The van der Waals surface area contributed by atoms with E-state index in [1.165, 1.54) is 16.8 Å². The number of benzene rings is 1. The van der Waals surface area contributed by atoms with Gasteiger partial charge in [0.15, 0.2) is 0 Å². The molecular weight excluding hydrogens is 240 g/mol. The van der Waals surface area contributed by atoms with Gasteiger partial charge in [0.25, 0.3) is 0 Å². The van der Waals surface area contributed by atoms with Gasteiger partial charge in [-0.05, 0) is 24.1 Å². The predicted octanol–water partition coefficient (Wildman–Crippen LogP) is 2.67. The summed E-state index contributed by atoms with van der Waals surface area (Å²) in [6, 6.07) is 8.10. The third kappa shape index (κ3) is 3.15. The van der Waals surface area contributed by atoms with E-state index in [1.807, 2.05) is 30.1 Å². The number of nitrogens with zero attached hydrogens (tertiary/aromatic N) is 2. The smallest absolute Gasteiger partial charge is 0.119 e. The number of ether oxygens (including phenoxy) is 2. The van der Waals surface area contributed by atoms with Crippen LogP contribution in [0.4, 0.5) is 0 Å². The molecule has 102 valence electrons. The molecule has 2 aromatic rings. The second kappa shape index (κ2) is 6.38. The highest BCUT2D eigenvalue weighted by Gasteiger charge is 2.08. The van der Waals surface area contributed by atoms with Gasteiger partial charge in [0.2, 0.25) is 0 Å². The Hall–Kier alpha value is -1.81. The van der Waals surface area contributed by atoms with Crippen molar-refractivity contribution in [3.8, 4) is 16.9 Å². The summed E-state index contributed by atoms with van der Waals surface area (Å²) in [6.45, 7) is 3.32. The highest BCUT2D eigenvalue weighted by Crippen LogP contribution is 2.25. The van der Waals surface area contributed by atoms with Crippen molar-refractivity contribution < 1.29 is 9.47 Å². The molecule has 4 heteroatoms. The molecule has 0 saturated carbocycles. The topological polar surface area (TPSA) is 36.3 Å². The highest BCUT2D eigenvalue weighted by molar-refractivity contribution is 5.66. The van der Waals surface area contributed by atoms with Gasteiger partial charge in [0.1, 0.15) is 12.4 Å². The molecule has 0 saturated heterocycles. The summed E-state index contributed by atoms with van der Waals surface area (Å²) in [6.07, 6.45) is 2.89. The number of hydrogen-bond donors (Lipinski definition) is 0. The van der Waals surface area contributed by atoms with E-state index in [4.69, 9.17) is 9.47 Å². The third-order valence-corrected chi connectivity index (χ3v) is 3.12. The summed E-state index contributed by atoms with van der Waals surface area (Å²) in [5.41, 5.74) is 3.60. The Morgan fingerprint density at radius 1 is 1.16 bits per heavy atom. The van der Waals surface area contributed by atoms with Crippen LogP contribution in [0, 0.1) is 0 Å². The van der Waals surface area contributed by atoms with Crippen LogP contribution in [-0.4, -0.2) is 30.1 Å². The molecule has 4 nitrogen and oxygen atoms in total. The lowest BCUT2D eigenvalue weighted by molar-refractivity contribution is 0.146. The van der Waals surface area contributed by atoms with E-state index in [0.717, 1.165) is 12.2 Å². The lowest BCUT2D eigenvalue weighted by Gasteiger charge is -2.07. The summed E-state index contributed by atoms with van der Waals surface area (Å²) in [5, 5.41) is 4.32. The highest BCUT2D eigenvalue weighted by atomic mass is 16.5. The van der Waals surface area contributed by atoms with E-state index in [-0.39, 0.29) is 0 Å². The van der Waals surface area contributed by atoms with Crippen LogP contribution in [0.15, 0.2) is 30.5 Å². The first-order valence-corrected chi connectivity index (χ1v) is 6.49. The van der Waals surface area contributed by atoms with E-state index in [0.29, 0.717) is 13.2 Å². The van der Waals surface area contributed by atoms with Gasteiger partial charge in [0.05, 0.1) is 12.8 Å². The molecule has 0 atom stereocenters. The predicted molar refractivity (Wildman–Crippen MR) is 75.4 cm³/mol. The number of rotatable bonds is 6. The fourth-order valence-corrected chi connectivity index (χ4v) is 2.10. The molecule has 0 bridgehead atoms. The monoisotopic (exact) mass is 260 g/mol. The molecule has 1 aromatic heterocycles. The molecule has 19 heavy (non-hydrogen) atoms. The molecule has 1 heterocycles.